The Morgan fingerprint density at radius 3 is 2.23 bits per heavy atom. The second-order valence-electron chi connectivity index (χ2n) is 6.41. The van der Waals surface area contributed by atoms with Gasteiger partial charge in [-0.15, -0.1) is 4.40 Å². The predicted octanol–water partition coefficient (Wildman–Crippen LogP) is 1.19. The normalized spacial score (nSPS) is 23.5. The summed E-state index contributed by atoms with van der Waals surface area (Å²) in [6.07, 6.45) is 1.25. The van der Waals surface area contributed by atoms with Crippen molar-refractivity contribution in [1.82, 2.24) is 4.90 Å². The Labute approximate surface area is 131 Å². The first kappa shape index (κ1) is 16.5. The molecular weight excluding hydrogens is 302 g/mol. The second-order valence-corrected chi connectivity index (χ2v) is 8.04. The highest BCUT2D eigenvalue weighted by atomic mass is 32.2. The van der Waals surface area contributed by atoms with Crippen LogP contribution < -0.4 is 5.73 Å². The molecule has 1 aliphatic carbocycles. The molecule has 0 spiro atoms. The molecule has 0 radical (unpaired) electrons. The summed E-state index contributed by atoms with van der Waals surface area (Å²) in [4.78, 5) is 13.1. The van der Waals surface area contributed by atoms with Crippen molar-refractivity contribution in [2.24, 2.45) is 21.5 Å². The zero-order chi connectivity index (χ0) is 16.7. The number of carbonyl (C=O) groups is 1. The quantitative estimate of drug-likeness (QED) is 0.650. The van der Waals surface area contributed by atoms with Crippen LogP contribution in [0, 0.1) is 11.3 Å². The van der Waals surface area contributed by atoms with Crippen LogP contribution in [0.1, 0.15) is 25.3 Å². The van der Waals surface area contributed by atoms with Crippen molar-refractivity contribution in [3.8, 4) is 0 Å². The molecule has 0 bridgehead atoms. The Morgan fingerprint density at radius 1 is 1.27 bits per heavy atom. The monoisotopic (exact) mass is 323 g/mol. The number of benzene rings is 1. The van der Waals surface area contributed by atoms with Crippen LogP contribution in [0.5, 0.6) is 0 Å². The average molecular weight is 323 g/mol. The fourth-order valence-electron chi connectivity index (χ4n) is 2.86. The van der Waals surface area contributed by atoms with E-state index in [0.29, 0.717) is 0 Å². The third-order valence-corrected chi connectivity index (χ3v) is 5.33. The smallest absolute Gasteiger partial charge is 0.283 e. The molecule has 0 heterocycles. The van der Waals surface area contributed by atoms with Gasteiger partial charge in [-0.3, -0.25) is 4.79 Å². The van der Waals surface area contributed by atoms with Crippen LogP contribution in [0.3, 0.4) is 0 Å². The lowest BCUT2D eigenvalue weighted by Crippen LogP contribution is -2.16. The minimum absolute atomic E-state index is 0.0343. The van der Waals surface area contributed by atoms with Crippen molar-refractivity contribution in [2.75, 3.05) is 14.1 Å². The van der Waals surface area contributed by atoms with Crippen molar-refractivity contribution in [1.29, 1.82) is 0 Å². The molecule has 7 heteroatoms. The third-order valence-electron chi connectivity index (χ3n) is 4.09. The van der Waals surface area contributed by atoms with Crippen LogP contribution in [0.4, 0.5) is 0 Å². The Balaban J connectivity index is 2.24. The number of hydrogen-bond donors (Lipinski definition) is 1. The van der Waals surface area contributed by atoms with Gasteiger partial charge in [0.2, 0.25) is 5.91 Å². The number of primary amides is 1. The maximum absolute atomic E-state index is 12.0. The van der Waals surface area contributed by atoms with Gasteiger partial charge < -0.3 is 10.6 Å². The van der Waals surface area contributed by atoms with E-state index in [-0.39, 0.29) is 28.1 Å². The standard InChI is InChI=1S/C15H21N3O3S/c1-15(2)12(13(15)14(16)19)10-5-7-11(8-6-10)22(20,21)17-9-18(3)4/h5-9,12-13H,1-4H3,(H2,16,19)/b17-9+/t12-,13+/m1/s1. The molecule has 0 saturated heterocycles. The van der Waals surface area contributed by atoms with Crippen molar-refractivity contribution in [3.05, 3.63) is 29.8 Å². The Morgan fingerprint density at radius 2 is 1.82 bits per heavy atom. The minimum Gasteiger partial charge on any atom is -0.369 e. The van der Waals surface area contributed by atoms with Gasteiger partial charge in [-0.1, -0.05) is 26.0 Å². The molecule has 2 atom stereocenters. The average Bonchev–Trinajstić information content (AvgIpc) is 3.00. The van der Waals surface area contributed by atoms with Crippen LogP contribution in [-0.4, -0.2) is 39.7 Å². The molecule has 2 rings (SSSR count). The maximum Gasteiger partial charge on any atom is 0.283 e. The molecule has 1 aliphatic rings. The predicted molar refractivity (Wildman–Crippen MR) is 85.0 cm³/mol. The lowest BCUT2D eigenvalue weighted by atomic mass is 10.0. The summed E-state index contributed by atoms with van der Waals surface area (Å²) >= 11 is 0. The third kappa shape index (κ3) is 2.99. The molecule has 22 heavy (non-hydrogen) atoms. The summed E-state index contributed by atoms with van der Waals surface area (Å²) in [6.45, 7) is 3.97. The first-order chi connectivity index (χ1) is 10.1. The fourth-order valence-corrected chi connectivity index (χ4v) is 3.77. The molecule has 1 aromatic carbocycles. The van der Waals surface area contributed by atoms with Crippen LogP contribution in [-0.2, 0) is 14.8 Å². The summed E-state index contributed by atoms with van der Waals surface area (Å²) in [5.74, 6) is -0.490. The summed E-state index contributed by atoms with van der Waals surface area (Å²) in [5, 5.41) is 0. The number of carbonyl (C=O) groups excluding carboxylic acids is 1. The number of nitrogens with zero attached hydrogens (tertiary/aromatic N) is 2. The van der Waals surface area contributed by atoms with Gasteiger partial charge in [-0.05, 0) is 23.1 Å². The van der Waals surface area contributed by atoms with Gasteiger partial charge in [0.1, 0.15) is 6.34 Å². The van der Waals surface area contributed by atoms with E-state index in [1.807, 2.05) is 13.8 Å². The zero-order valence-electron chi connectivity index (χ0n) is 13.1. The van der Waals surface area contributed by atoms with E-state index >= 15 is 0 Å². The van der Waals surface area contributed by atoms with E-state index in [4.69, 9.17) is 5.73 Å². The van der Waals surface area contributed by atoms with Crippen LogP contribution in [0.15, 0.2) is 33.6 Å². The van der Waals surface area contributed by atoms with Crippen molar-refractivity contribution < 1.29 is 13.2 Å². The van der Waals surface area contributed by atoms with Gasteiger partial charge in [-0.25, -0.2) is 0 Å². The molecule has 1 amide bonds. The zero-order valence-corrected chi connectivity index (χ0v) is 14.0. The summed E-state index contributed by atoms with van der Waals surface area (Å²) < 4.78 is 27.7. The molecule has 6 nitrogen and oxygen atoms in total. The van der Waals surface area contributed by atoms with Crippen molar-refractivity contribution in [3.63, 3.8) is 0 Å². The number of amides is 1. The van der Waals surface area contributed by atoms with Crippen molar-refractivity contribution >= 4 is 22.3 Å². The van der Waals surface area contributed by atoms with Crippen LogP contribution in [0.2, 0.25) is 0 Å². The minimum atomic E-state index is -3.70. The van der Waals surface area contributed by atoms with E-state index < -0.39 is 10.0 Å². The summed E-state index contributed by atoms with van der Waals surface area (Å²) in [5.41, 5.74) is 6.14. The lowest BCUT2D eigenvalue weighted by Gasteiger charge is -2.05. The SMILES string of the molecule is CN(C)/C=N/S(=O)(=O)c1ccc([C@@H]2[C@@H](C(N)=O)C2(C)C)cc1. The van der Waals surface area contributed by atoms with Gasteiger partial charge in [0.25, 0.3) is 10.0 Å². The van der Waals surface area contributed by atoms with E-state index in [1.54, 1.807) is 31.1 Å². The van der Waals surface area contributed by atoms with Gasteiger partial charge in [0.05, 0.1) is 10.8 Å². The molecule has 0 aromatic heterocycles. The van der Waals surface area contributed by atoms with Crippen LogP contribution >= 0.6 is 0 Å². The Bertz CT molecular complexity index is 706. The molecule has 0 unspecified atom stereocenters. The van der Waals surface area contributed by atoms with Gasteiger partial charge >= 0.3 is 0 Å². The summed E-state index contributed by atoms with van der Waals surface area (Å²) in [7, 11) is -0.308. The van der Waals surface area contributed by atoms with Gasteiger partial charge in [-0.2, -0.15) is 8.42 Å². The fraction of sp³-hybridized carbons (Fsp3) is 0.467. The molecule has 1 saturated carbocycles. The maximum atomic E-state index is 12.0. The topological polar surface area (TPSA) is 92.8 Å². The molecule has 1 fully saturated rings. The number of hydrogen-bond acceptors (Lipinski definition) is 3. The van der Waals surface area contributed by atoms with Crippen LogP contribution in [0.25, 0.3) is 0 Å². The number of sulfonamides is 1. The van der Waals surface area contributed by atoms with E-state index in [0.717, 1.165) is 5.56 Å². The van der Waals surface area contributed by atoms with E-state index in [2.05, 4.69) is 4.40 Å². The molecule has 2 N–H and O–H groups in total. The van der Waals surface area contributed by atoms with Gasteiger partial charge in [0.15, 0.2) is 0 Å². The first-order valence-electron chi connectivity index (χ1n) is 6.93. The number of nitrogens with two attached hydrogens (primary N) is 1. The van der Waals surface area contributed by atoms with Crippen molar-refractivity contribution in [2.45, 2.75) is 24.7 Å². The highest BCUT2D eigenvalue weighted by Crippen LogP contribution is 2.64. The molecule has 1 aromatic rings. The second kappa shape index (κ2) is 5.39. The Hall–Kier alpha value is -1.89. The number of rotatable bonds is 5. The Kier molecular flexibility index (Phi) is 4.04. The summed E-state index contributed by atoms with van der Waals surface area (Å²) in [6, 6.07) is 6.50. The first-order valence-corrected chi connectivity index (χ1v) is 8.37. The highest BCUT2D eigenvalue weighted by molar-refractivity contribution is 7.90. The lowest BCUT2D eigenvalue weighted by molar-refractivity contribution is -0.119. The van der Waals surface area contributed by atoms with Gasteiger partial charge in [0, 0.05) is 20.0 Å². The molecular formula is C15H21N3O3S. The molecule has 120 valence electrons. The largest absolute Gasteiger partial charge is 0.369 e. The van der Waals surface area contributed by atoms with E-state index in [9.17, 15) is 13.2 Å². The molecule has 0 aliphatic heterocycles. The van der Waals surface area contributed by atoms with E-state index in [1.165, 1.54) is 18.5 Å². The highest BCUT2D eigenvalue weighted by Gasteiger charge is 2.61.